The van der Waals surface area contributed by atoms with Gasteiger partial charge < -0.3 is 14.2 Å². The van der Waals surface area contributed by atoms with Crippen molar-refractivity contribution in [2.45, 2.75) is 64.6 Å². The zero-order valence-corrected chi connectivity index (χ0v) is 20.2. The minimum Gasteiger partial charge on any atom is -0.457 e. The fourth-order valence-corrected chi connectivity index (χ4v) is 5.34. The topological polar surface area (TPSA) is 51.5 Å². The van der Waals surface area contributed by atoms with Crippen LogP contribution < -0.4 is 0 Å². The molecule has 1 aromatic heterocycles. The second-order valence-corrected chi connectivity index (χ2v) is 10.3. The first-order chi connectivity index (χ1) is 16.3. The molecule has 5 heteroatoms. The van der Waals surface area contributed by atoms with Crippen molar-refractivity contribution >= 4 is 28.9 Å². The monoisotopic (exact) mass is 456 g/mol. The zero-order chi connectivity index (χ0) is 23.9. The number of fused-ring (bicyclic) bond motifs is 5. The minimum absolute atomic E-state index is 0.174. The number of carbonyl (C=O) groups is 2. The lowest BCUT2D eigenvalue weighted by Gasteiger charge is -2.40. The average molecular weight is 457 g/mol. The maximum Gasteiger partial charge on any atom is 0.331 e. The fourth-order valence-electron chi connectivity index (χ4n) is 5.34. The molecule has 1 saturated heterocycles. The maximum atomic E-state index is 12.6. The van der Waals surface area contributed by atoms with Crippen LogP contribution in [-0.2, 0) is 27.3 Å². The second kappa shape index (κ2) is 8.79. The van der Waals surface area contributed by atoms with Gasteiger partial charge in [0.25, 0.3) is 0 Å². The third kappa shape index (κ3) is 4.39. The smallest absolute Gasteiger partial charge is 0.331 e. The predicted octanol–water partition coefficient (Wildman–Crippen LogP) is 5.65. The Labute approximate surface area is 201 Å². The van der Waals surface area contributed by atoms with Crippen LogP contribution in [0.2, 0.25) is 0 Å². The molecule has 1 amide bonds. The standard InChI is InChI=1S/C29H32N2O3/c1-29(2,3)34-27(33)16-15-20-11-13-21(14-12-20)19-31-24-8-5-4-7-22(24)23-17-18-30-25(28(23)31)9-6-10-26(30)32/h4-5,7-8,11-16,25H,6,9-10,17-19H2,1-3H3/b16-15+. The Morgan fingerprint density at radius 2 is 1.85 bits per heavy atom. The number of hydrogen-bond donors (Lipinski definition) is 0. The molecule has 5 rings (SSSR count). The van der Waals surface area contributed by atoms with Crippen LogP contribution in [-0.4, -0.2) is 33.5 Å². The highest BCUT2D eigenvalue weighted by molar-refractivity contribution is 5.88. The van der Waals surface area contributed by atoms with Crippen LogP contribution in [0.15, 0.2) is 54.6 Å². The number of esters is 1. The molecule has 1 unspecified atom stereocenters. The maximum absolute atomic E-state index is 12.6. The summed E-state index contributed by atoms with van der Waals surface area (Å²) >= 11 is 0. The highest BCUT2D eigenvalue weighted by Crippen LogP contribution is 2.42. The molecule has 34 heavy (non-hydrogen) atoms. The van der Waals surface area contributed by atoms with E-state index in [1.54, 1.807) is 6.08 Å². The van der Waals surface area contributed by atoms with Gasteiger partial charge >= 0.3 is 5.97 Å². The van der Waals surface area contributed by atoms with Crippen LogP contribution in [0, 0.1) is 0 Å². The molecule has 0 saturated carbocycles. The van der Waals surface area contributed by atoms with E-state index >= 15 is 0 Å². The fraction of sp³-hybridized carbons (Fsp3) is 0.379. The van der Waals surface area contributed by atoms with Gasteiger partial charge in [-0.05, 0) is 68.9 Å². The van der Waals surface area contributed by atoms with E-state index in [1.165, 1.54) is 33.8 Å². The van der Waals surface area contributed by atoms with Gasteiger partial charge in [0, 0.05) is 42.2 Å². The molecule has 2 aliphatic rings. The van der Waals surface area contributed by atoms with Gasteiger partial charge in [0.1, 0.15) is 5.60 Å². The average Bonchev–Trinajstić information content (AvgIpc) is 3.12. The van der Waals surface area contributed by atoms with Crippen molar-refractivity contribution in [1.82, 2.24) is 9.47 Å². The second-order valence-electron chi connectivity index (χ2n) is 10.3. The molecule has 0 bridgehead atoms. The Morgan fingerprint density at radius 3 is 2.62 bits per heavy atom. The molecule has 1 atom stereocenters. The van der Waals surface area contributed by atoms with Gasteiger partial charge in [-0.25, -0.2) is 4.79 Å². The first kappa shape index (κ1) is 22.5. The van der Waals surface area contributed by atoms with Gasteiger partial charge in [-0.3, -0.25) is 4.79 Å². The van der Waals surface area contributed by atoms with Crippen LogP contribution in [0.5, 0.6) is 0 Å². The summed E-state index contributed by atoms with van der Waals surface area (Å²) in [6.07, 6.45) is 6.84. The third-order valence-electron chi connectivity index (χ3n) is 6.74. The molecule has 0 spiro atoms. The SMILES string of the molecule is CC(C)(C)OC(=O)/C=C/c1ccc(Cn2c3c(c4ccccc42)CCN2C(=O)CCCC32)cc1. The summed E-state index contributed by atoms with van der Waals surface area (Å²) in [7, 11) is 0. The van der Waals surface area contributed by atoms with Crippen molar-refractivity contribution in [3.63, 3.8) is 0 Å². The van der Waals surface area contributed by atoms with Crippen LogP contribution >= 0.6 is 0 Å². The summed E-state index contributed by atoms with van der Waals surface area (Å²) in [4.78, 5) is 26.7. The van der Waals surface area contributed by atoms with E-state index in [-0.39, 0.29) is 12.0 Å². The van der Waals surface area contributed by atoms with E-state index in [0.29, 0.717) is 12.3 Å². The van der Waals surface area contributed by atoms with Gasteiger partial charge in [-0.2, -0.15) is 0 Å². The Hall–Kier alpha value is -3.34. The Balaban J connectivity index is 1.43. The molecule has 3 aromatic rings. The normalized spacial score (nSPS) is 18.3. The summed E-state index contributed by atoms with van der Waals surface area (Å²) in [6, 6.07) is 17.1. The third-order valence-corrected chi connectivity index (χ3v) is 6.74. The number of benzene rings is 2. The molecule has 0 aliphatic carbocycles. The van der Waals surface area contributed by atoms with Crippen molar-refractivity contribution in [2.75, 3.05) is 6.54 Å². The summed E-state index contributed by atoms with van der Waals surface area (Å²) in [5.74, 6) is -0.0477. The molecule has 2 aliphatic heterocycles. The number of piperidine rings is 1. The number of carbonyl (C=O) groups excluding carboxylic acids is 2. The van der Waals surface area contributed by atoms with E-state index in [4.69, 9.17) is 4.74 Å². The molecule has 0 radical (unpaired) electrons. The molecular weight excluding hydrogens is 424 g/mol. The predicted molar refractivity (Wildman–Crippen MR) is 134 cm³/mol. The van der Waals surface area contributed by atoms with Crippen molar-refractivity contribution in [3.05, 3.63) is 77.0 Å². The van der Waals surface area contributed by atoms with E-state index in [1.807, 2.05) is 32.9 Å². The summed E-state index contributed by atoms with van der Waals surface area (Å²) in [6.45, 7) is 7.16. The number of ether oxygens (including phenoxy) is 1. The van der Waals surface area contributed by atoms with Crippen molar-refractivity contribution < 1.29 is 14.3 Å². The van der Waals surface area contributed by atoms with Crippen molar-refractivity contribution in [1.29, 1.82) is 0 Å². The zero-order valence-electron chi connectivity index (χ0n) is 20.2. The van der Waals surface area contributed by atoms with E-state index < -0.39 is 5.60 Å². The Bertz CT molecular complexity index is 1260. The summed E-state index contributed by atoms with van der Waals surface area (Å²) < 4.78 is 7.76. The molecule has 2 aromatic carbocycles. The number of rotatable bonds is 4. The van der Waals surface area contributed by atoms with Gasteiger partial charge in [-0.15, -0.1) is 0 Å². The number of amides is 1. The summed E-state index contributed by atoms with van der Waals surface area (Å²) in [5, 5.41) is 1.31. The van der Waals surface area contributed by atoms with E-state index in [2.05, 4.69) is 45.9 Å². The minimum atomic E-state index is -0.498. The molecule has 3 heterocycles. The van der Waals surface area contributed by atoms with Gasteiger partial charge in [0.15, 0.2) is 0 Å². The van der Waals surface area contributed by atoms with Gasteiger partial charge in [0.05, 0.1) is 6.04 Å². The molecule has 176 valence electrons. The van der Waals surface area contributed by atoms with E-state index in [0.717, 1.165) is 37.9 Å². The molecular formula is C29H32N2O3. The van der Waals surface area contributed by atoms with Crippen LogP contribution in [0.1, 0.15) is 68.5 Å². The largest absolute Gasteiger partial charge is 0.457 e. The highest BCUT2D eigenvalue weighted by atomic mass is 16.6. The lowest BCUT2D eigenvalue weighted by Crippen LogP contribution is -2.43. The number of nitrogens with zero attached hydrogens (tertiary/aromatic N) is 2. The van der Waals surface area contributed by atoms with E-state index in [9.17, 15) is 9.59 Å². The number of aromatic nitrogens is 1. The number of para-hydroxylation sites is 1. The van der Waals surface area contributed by atoms with Crippen LogP contribution in [0.3, 0.4) is 0 Å². The van der Waals surface area contributed by atoms with Crippen molar-refractivity contribution in [3.8, 4) is 0 Å². The Kier molecular flexibility index (Phi) is 5.80. The first-order valence-electron chi connectivity index (χ1n) is 12.2. The molecule has 1 fully saturated rings. The molecule has 0 N–H and O–H groups in total. The lowest BCUT2D eigenvalue weighted by atomic mass is 9.90. The van der Waals surface area contributed by atoms with Crippen LogP contribution in [0.25, 0.3) is 17.0 Å². The van der Waals surface area contributed by atoms with Crippen LogP contribution in [0.4, 0.5) is 0 Å². The van der Waals surface area contributed by atoms with Crippen molar-refractivity contribution in [2.24, 2.45) is 0 Å². The van der Waals surface area contributed by atoms with Gasteiger partial charge in [-0.1, -0.05) is 42.5 Å². The molecule has 5 nitrogen and oxygen atoms in total. The summed E-state index contributed by atoms with van der Waals surface area (Å²) in [5.41, 5.74) is 5.61. The quantitative estimate of drug-likeness (QED) is 0.376. The van der Waals surface area contributed by atoms with Gasteiger partial charge in [0.2, 0.25) is 5.91 Å². The number of hydrogen-bond acceptors (Lipinski definition) is 3. The first-order valence-corrected chi connectivity index (χ1v) is 12.2. The Morgan fingerprint density at radius 1 is 1.09 bits per heavy atom. The highest BCUT2D eigenvalue weighted by Gasteiger charge is 2.37. The lowest BCUT2D eigenvalue weighted by molar-refractivity contribution is -0.148.